The van der Waals surface area contributed by atoms with E-state index in [1.165, 1.54) is 5.56 Å². The molecule has 1 heterocycles. The number of carbonyl (C=O) groups is 1. The van der Waals surface area contributed by atoms with Gasteiger partial charge in [-0.05, 0) is 41.8 Å². The molecule has 0 N–H and O–H groups in total. The molecule has 0 aliphatic carbocycles. The van der Waals surface area contributed by atoms with Crippen molar-refractivity contribution in [2.45, 2.75) is 19.4 Å². The van der Waals surface area contributed by atoms with Crippen LogP contribution in [-0.4, -0.2) is 11.5 Å². The highest BCUT2D eigenvalue weighted by Gasteiger charge is 2.29. The summed E-state index contributed by atoms with van der Waals surface area (Å²) < 4.78 is 0. The lowest BCUT2D eigenvalue weighted by Crippen LogP contribution is -2.18. The van der Waals surface area contributed by atoms with Crippen LogP contribution in [0.15, 0.2) is 120 Å². The minimum atomic E-state index is 0.00450. The van der Waals surface area contributed by atoms with Gasteiger partial charge in [0.2, 0.25) is 0 Å². The zero-order valence-corrected chi connectivity index (χ0v) is 19.1. The second-order valence-electron chi connectivity index (χ2n) is 8.54. The van der Waals surface area contributed by atoms with Gasteiger partial charge in [-0.1, -0.05) is 109 Å². The van der Waals surface area contributed by atoms with E-state index in [1.54, 1.807) is 6.08 Å². The number of rotatable bonds is 6. The molecular formula is C31H26N2O. The first-order valence-electron chi connectivity index (χ1n) is 11.5. The quantitative estimate of drug-likeness (QED) is 0.233. The molecule has 5 rings (SSSR count). The number of aryl methyl sites for hydroxylation is 1. The van der Waals surface area contributed by atoms with Crippen molar-refractivity contribution in [2.24, 2.45) is 5.10 Å². The minimum Gasteiger partial charge on any atom is -0.289 e. The first-order chi connectivity index (χ1) is 16.7. The van der Waals surface area contributed by atoms with E-state index in [2.05, 4.69) is 65.7 Å². The van der Waals surface area contributed by atoms with Gasteiger partial charge in [-0.15, -0.1) is 0 Å². The summed E-state index contributed by atoms with van der Waals surface area (Å²) in [6.07, 6.45) is 4.35. The van der Waals surface area contributed by atoms with Crippen LogP contribution in [0.2, 0.25) is 0 Å². The summed E-state index contributed by atoms with van der Waals surface area (Å²) in [6, 6.07) is 36.9. The van der Waals surface area contributed by atoms with E-state index >= 15 is 0 Å². The summed E-state index contributed by atoms with van der Waals surface area (Å²) in [5.74, 6) is 0.00450. The number of carbonyl (C=O) groups excluding carboxylic acids is 1. The molecule has 0 amide bonds. The molecule has 0 aromatic heterocycles. The van der Waals surface area contributed by atoms with Crippen LogP contribution >= 0.6 is 0 Å². The monoisotopic (exact) mass is 442 g/mol. The lowest BCUT2D eigenvalue weighted by Gasteiger charge is -2.24. The summed E-state index contributed by atoms with van der Waals surface area (Å²) in [7, 11) is 0. The van der Waals surface area contributed by atoms with Gasteiger partial charge in [0.1, 0.15) is 0 Å². The fourth-order valence-electron chi connectivity index (χ4n) is 4.21. The third kappa shape index (κ3) is 4.74. The number of hydrogen-bond acceptors (Lipinski definition) is 3. The molecule has 166 valence electrons. The molecule has 4 aromatic rings. The van der Waals surface area contributed by atoms with Crippen molar-refractivity contribution >= 4 is 23.3 Å². The molecule has 0 spiro atoms. The van der Waals surface area contributed by atoms with Crippen molar-refractivity contribution in [3.8, 4) is 0 Å². The van der Waals surface area contributed by atoms with Crippen molar-refractivity contribution in [2.75, 3.05) is 5.01 Å². The summed E-state index contributed by atoms with van der Waals surface area (Å²) >= 11 is 0. The van der Waals surface area contributed by atoms with Crippen LogP contribution in [0.25, 0.3) is 6.08 Å². The molecule has 34 heavy (non-hydrogen) atoms. The third-order valence-electron chi connectivity index (χ3n) is 6.12. The van der Waals surface area contributed by atoms with Gasteiger partial charge in [0, 0.05) is 12.0 Å². The normalized spacial score (nSPS) is 15.5. The van der Waals surface area contributed by atoms with E-state index in [-0.39, 0.29) is 11.8 Å². The Balaban J connectivity index is 1.39. The third-order valence-corrected chi connectivity index (χ3v) is 6.12. The number of ketones is 1. The Morgan fingerprint density at radius 3 is 2.15 bits per heavy atom. The molecular weight excluding hydrogens is 416 g/mol. The van der Waals surface area contributed by atoms with E-state index in [1.807, 2.05) is 61.5 Å². The maximum Gasteiger partial charge on any atom is 0.185 e. The van der Waals surface area contributed by atoms with Crippen molar-refractivity contribution in [1.82, 2.24) is 0 Å². The molecule has 1 atom stereocenters. The molecule has 1 aliphatic rings. The van der Waals surface area contributed by atoms with Gasteiger partial charge in [0.25, 0.3) is 0 Å². The molecule has 0 radical (unpaired) electrons. The first-order valence-corrected chi connectivity index (χ1v) is 11.5. The molecule has 3 nitrogen and oxygen atoms in total. The van der Waals surface area contributed by atoms with E-state index in [9.17, 15) is 4.79 Å². The van der Waals surface area contributed by atoms with E-state index in [0.717, 1.165) is 34.5 Å². The Bertz CT molecular complexity index is 1320. The number of hydrazone groups is 1. The van der Waals surface area contributed by atoms with Gasteiger partial charge < -0.3 is 0 Å². The standard InChI is InChI=1S/C31H26N2O/c1-23-12-17-27(18-13-23)31(34)21-16-24-14-19-28(20-15-24)33-30(26-10-6-3-7-11-26)22-29(32-33)25-8-4-2-5-9-25/h2-21,30H,22H2,1H3/b21-16+. The highest BCUT2D eigenvalue weighted by molar-refractivity contribution is 6.07. The van der Waals surface area contributed by atoms with Crippen molar-refractivity contribution < 1.29 is 4.79 Å². The smallest absolute Gasteiger partial charge is 0.185 e. The van der Waals surface area contributed by atoms with E-state index in [0.29, 0.717) is 5.56 Å². The van der Waals surface area contributed by atoms with Gasteiger partial charge in [-0.25, -0.2) is 0 Å². The fourth-order valence-corrected chi connectivity index (χ4v) is 4.21. The molecule has 0 saturated heterocycles. The average molecular weight is 443 g/mol. The zero-order valence-electron chi connectivity index (χ0n) is 19.1. The predicted molar refractivity (Wildman–Crippen MR) is 140 cm³/mol. The van der Waals surface area contributed by atoms with Gasteiger partial charge >= 0.3 is 0 Å². The molecule has 1 unspecified atom stereocenters. The molecule has 0 saturated carbocycles. The number of hydrogen-bond donors (Lipinski definition) is 0. The second kappa shape index (κ2) is 9.72. The number of nitrogens with zero attached hydrogens (tertiary/aromatic N) is 2. The van der Waals surface area contributed by atoms with Crippen molar-refractivity contribution in [1.29, 1.82) is 0 Å². The van der Waals surface area contributed by atoms with Crippen molar-refractivity contribution in [3.63, 3.8) is 0 Å². The maximum atomic E-state index is 12.5. The Morgan fingerprint density at radius 2 is 1.47 bits per heavy atom. The van der Waals surface area contributed by atoms with Crippen LogP contribution in [-0.2, 0) is 0 Å². The van der Waals surface area contributed by atoms with Gasteiger partial charge in [-0.2, -0.15) is 5.10 Å². The summed E-state index contributed by atoms with van der Waals surface area (Å²) in [5.41, 5.74) is 7.33. The Labute approximate surface area is 200 Å². The van der Waals surface area contributed by atoms with Gasteiger partial charge in [-0.3, -0.25) is 9.80 Å². The van der Waals surface area contributed by atoms with Gasteiger partial charge in [0.05, 0.1) is 17.4 Å². The highest BCUT2D eigenvalue weighted by atomic mass is 16.1. The SMILES string of the molecule is Cc1ccc(C(=O)/C=C/c2ccc(N3N=C(c4ccccc4)CC3c3ccccc3)cc2)cc1. The zero-order chi connectivity index (χ0) is 23.3. The predicted octanol–water partition coefficient (Wildman–Crippen LogP) is 7.25. The van der Waals surface area contributed by atoms with Crippen LogP contribution in [0.4, 0.5) is 5.69 Å². The average Bonchev–Trinajstić information content (AvgIpc) is 3.35. The minimum absolute atomic E-state index is 0.00450. The lowest BCUT2D eigenvalue weighted by atomic mass is 9.98. The first kappa shape index (κ1) is 21.6. The summed E-state index contributed by atoms with van der Waals surface area (Å²) in [4.78, 5) is 12.5. The van der Waals surface area contributed by atoms with E-state index < -0.39 is 0 Å². The van der Waals surface area contributed by atoms with E-state index in [4.69, 9.17) is 5.10 Å². The maximum absolute atomic E-state index is 12.5. The van der Waals surface area contributed by atoms with Crippen LogP contribution < -0.4 is 5.01 Å². The molecule has 0 bridgehead atoms. The topological polar surface area (TPSA) is 32.7 Å². The molecule has 4 aromatic carbocycles. The van der Waals surface area contributed by atoms with Crippen LogP contribution in [0, 0.1) is 6.92 Å². The molecule has 3 heteroatoms. The Kier molecular flexibility index (Phi) is 6.17. The summed E-state index contributed by atoms with van der Waals surface area (Å²) in [5, 5.41) is 7.13. The highest BCUT2D eigenvalue weighted by Crippen LogP contribution is 2.36. The number of benzene rings is 4. The van der Waals surface area contributed by atoms with Crippen LogP contribution in [0.3, 0.4) is 0 Å². The molecule has 0 fully saturated rings. The van der Waals surface area contributed by atoms with Crippen LogP contribution in [0.1, 0.15) is 45.1 Å². The van der Waals surface area contributed by atoms with Crippen LogP contribution in [0.5, 0.6) is 0 Å². The Morgan fingerprint density at radius 1 is 0.824 bits per heavy atom. The van der Waals surface area contributed by atoms with Crippen molar-refractivity contribution in [3.05, 3.63) is 143 Å². The lowest BCUT2D eigenvalue weighted by molar-refractivity contribution is 0.104. The second-order valence-corrected chi connectivity index (χ2v) is 8.54. The largest absolute Gasteiger partial charge is 0.289 e. The Hall–Kier alpha value is -4.24. The number of anilines is 1. The fraction of sp³-hybridized carbons (Fsp3) is 0.0968. The summed E-state index contributed by atoms with van der Waals surface area (Å²) in [6.45, 7) is 2.02. The molecule has 1 aliphatic heterocycles. The number of allylic oxidation sites excluding steroid dienone is 1. The van der Waals surface area contributed by atoms with Gasteiger partial charge in [0.15, 0.2) is 5.78 Å².